The predicted molar refractivity (Wildman–Crippen MR) is 89.1 cm³/mol. The molecule has 0 heterocycles. The third-order valence-electron chi connectivity index (χ3n) is 3.21. The monoisotopic (exact) mass is 342 g/mol. The number of primary amides is 1. The third-order valence-corrected chi connectivity index (χ3v) is 3.49. The molecule has 1 atom stereocenters. The van der Waals surface area contributed by atoms with Gasteiger partial charge in [-0.25, -0.2) is 0 Å². The van der Waals surface area contributed by atoms with Gasteiger partial charge in [-0.1, -0.05) is 25.4 Å². The molecule has 1 aromatic carbocycles. The second kappa shape index (κ2) is 8.62. The number of carbonyl (C=O) groups is 2. The van der Waals surface area contributed by atoms with Gasteiger partial charge in [0.05, 0.1) is 18.7 Å². The zero-order valence-corrected chi connectivity index (χ0v) is 14.6. The summed E-state index contributed by atoms with van der Waals surface area (Å²) >= 11 is 6.20. The lowest BCUT2D eigenvalue weighted by atomic mass is 10.1. The van der Waals surface area contributed by atoms with Gasteiger partial charge in [0.15, 0.2) is 11.5 Å². The van der Waals surface area contributed by atoms with Gasteiger partial charge in [0.2, 0.25) is 5.91 Å². The minimum atomic E-state index is -0.783. The third kappa shape index (κ3) is 5.63. The topological polar surface area (TPSA) is 90.6 Å². The highest BCUT2D eigenvalue weighted by atomic mass is 35.5. The second-order valence-electron chi connectivity index (χ2n) is 5.62. The molecule has 0 aliphatic carbocycles. The SMILES string of the molecule is COc1cc(C(=O)NC(C)C(N)=O)cc(Cl)c1OCCC(C)C. The first-order valence-corrected chi connectivity index (χ1v) is 7.74. The first-order chi connectivity index (χ1) is 10.8. The number of amides is 2. The van der Waals surface area contributed by atoms with Crippen LogP contribution in [0.4, 0.5) is 0 Å². The number of halogens is 1. The van der Waals surface area contributed by atoms with E-state index in [2.05, 4.69) is 19.2 Å². The summed E-state index contributed by atoms with van der Waals surface area (Å²) in [5, 5.41) is 2.75. The highest BCUT2D eigenvalue weighted by molar-refractivity contribution is 6.32. The van der Waals surface area contributed by atoms with Crippen molar-refractivity contribution in [3.63, 3.8) is 0 Å². The molecule has 6 nitrogen and oxygen atoms in total. The molecule has 128 valence electrons. The Bertz CT molecular complexity index is 575. The molecule has 0 radical (unpaired) electrons. The quantitative estimate of drug-likeness (QED) is 0.758. The Morgan fingerprint density at radius 2 is 1.96 bits per heavy atom. The molecular weight excluding hydrogens is 320 g/mol. The summed E-state index contributed by atoms with van der Waals surface area (Å²) in [5.41, 5.74) is 5.39. The van der Waals surface area contributed by atoms with Crippen LogP contribution in [-0.2, 0) is 4.79 Å². The Balaban J connectivity index is 2.94. The van der Waals surface area contributed by atoms with Crippen molar-refractivity contribution in [1.29, 1.82) is 0 Å². The largest absolute Gasteiger partial charge is 0.493 e. The number of nitrogens with one attached hydrogen (secondary N) is 1. The van der Waals surface area contributed by atoms with Crippen molar-refractivity contribution in [2.24, 2.45) is 11.7 Å². The van der Waals surface area contributed by atoms with Crippen LogP contribution in [0.1, 0.15) is 37.6 Å². The van der Waals surface area contributed by atoms with Crippen LogP contribution < -0.4 is 20.5 Å². The van der Waals surface area contributed by atoms with E-state index in [9.17, 15) is 9.59 Å². The number of hydrogen-bond acceptors (Lipinski definition) is 4. The number of hydrogen-bond donors (Lipinski definition) is 2. The Kier molecular flexibility index (Phi) is 7.16. The molecule has 0 spiro atoms. The van der Waals surface area contributed by atoms with Gasteiger partial charge >= 0.3 is 0 Å². The first-order valence-electron chi connectivity index (χ1n) is 7.36. The van der Waals surface area contributed by atoms with Crippen molar-refractivity contribution in [3.8, 4) is 11.5 Å². The molecule has 1 unspecified atom stereocenters. The summed E-state index contributed by atoms with van der Waals surface area (Å²) in [6.45, 7) is 6.19. The molecule has 23 heavy (non-hydrogen) atoms. The number of ether oxygens (including phenoxy) is 2. The van der Waals surface area contributed by atoms with Crippen LogP contribution in [0.2, 0.25) is 5.02 Å². The highest BCUT2D eigenvalue weighted by Gasteiger charge is 2.18. The second-order valence-corrected chi connectivity index (χ2v) is 6.03. The molecule has 3 N–H and O–H groups in total. The van der Waals surface area contributed by atoms with Gasteiger partial charge in [-0.3, -0.25) is 9.59 Å². The molecule has 0 saturated heterocycles. The Hall–Kier alpha value is -1.95. The molecular formula is C16H23ClN2O4. The summed E-state index contributed by atoms with van der Waals surface area (Å²) < 4.78 is 10.9. The summed E-state index contributed by atoms with van der Waals surface area (Å²) in [7, 11) is 1.47. The number of carbonyl (C=O) groups excluding carboxylic acids is 2. The van der Waals surface area contributed by atoms with E-state index in [1.165, 1.54) is 26.2 Å². The van der Waals surface area contributed by atoms with Crippen LogP contribution in [0, 0.1) is 5.92 Å². The molecule has 2 amide bonds. The van der Waals surface area contributed by atoms with Gasteiger partial charge in [-0.15, -0.1) is 0 Å². The number of methoxy groups -OCH3 is 1. The molecule has 0 saturated carbocycles. The normalized spacial score (nSPS) is 11.9. The zero-order chi connectivity index (χ0) is 17.6. The summed E-state index contributed by atoms with van der Waals surface area (Å²) in [5.74, 6) is 0.169. The molecule has 1 rings (SSSR count). The van der Waals surface area contributed by atoms with Crippen LogP contribution in [0.5, 0.6) is 11.5 Å². The van der Waals surface area contributed by atoms with Gasteiger partial charge < -0.3 is 20.5 Å². The van der Waals surface area contributed by atoms with Crippen molar-refractivity contribution in [3.05, 3.63) is 22.7 Å². The van der Waals surface area contributed by atoms with Gasteiger partial charge in [0.25, 0.3) is 5.91 Å². The van der Waals surface area contributed by atoms with E-state index in [0.717, 1.165) is 6.42 Å². The summed E-state index contributed by atoms with van der Waals surface area (Å²) in [6, 6.07) is 2.20. The van der Waals surface area contributed by atoms with E-state index in [1.54, 1.807) is 0 Å². The number of rotatable bonds is 8. The van der Waals surface area contributed by atoms with Crippen LogP contribution in [0.25, 0.3) is 0 Å². The number of nitrogens with two attached hydrogens (primary N) is 1. The molecule has 0 fully saturated rings. The van der Waals surface area contributed by atoms with Gasteiger partial charge in [0.1, 0.15) is 6.04 Å². The van der Waals surface area contributed by atoms with E-state index < -0.39 is 17.9 Å². The lowest BCUT2D eigenvalue weighted by Gasteiger charge is -2.15. The lowest BCUT2D eigenvalue weighted by molar-refractivity contribution is -0.119. The average Bonchev–Trinajstić information content (AvgIpc) is 2.47. The smallest absolute Gasteiger partial charge is 0.252 e. The zero-order valence-electron chi connectivity index (χ0n) is 13.8. The van der Waals surface area contributed by atoms with E-state index in [1.807, 2.05) is 0 Å². The average molecular weight is 343 g/mol. The fraction of sp³-hybridized carbons (Fsp3) is 0.500. The maximum absolute atomic E-state index is 12.1. The minimum Gasteiger partial charge on any atom is -0.493 e. The Labute approximate surface area is 141 Å². The first kappa shape index (κ1) is 19.1. The van der Waals surface area contributed by atoms with E-state index in [0.29, 0.717) is 24.0 Å². The minimum absolute atomic E-state index is 0.260. The fourth-order valence-electron chi connectivity index (χ4n) is 1.74. The lowest BCUT2D eigenvalue weighted by Crippen LogP contribution is -2.42. The van der Waals surface area contributed by atoms with Crippen molar-refractivity contribution in [2.75, 3.05) is 13.7 Å². The van der Waals surface area contributed by atoms with Crippen molar-refractivity contribution in [2.45, 2.75) is 33.2 Å². The van der Waals surface area contributed by atoms with Crippen molar-refractivity contribution < 1.29 is 19.1 Å². The maximum atomic E-state index is 12.1. The summed E-state index contributed by atoms with van der Waals surface area (Å²) in [4.78, 5) is 23.1. The van der Waals surface area contributed by atoms with Crippen LogP contribution in [-0.4, -0.2) is 31.6 Å². The molecule has 0 aliphatic rings. The molecule has 0 aliphatic heterocycles. The van der Waals surface area contributed by atoms with Crippen molar-refractivity contribution in [1.82, 2.24) is 5.32 Å². The van der Waals surface area contributed by atoms with Gasteiger partial charge in [-0.05, 0) is 31.4 Å². The fourth-order valence-corrected chi connectivity index (χ4v) is 2.00. The maximum Gasteiger partial charge on any atom is 0.252 e. The van der Waals surface area contributed by atoms with E-state index >= 15 is 0 Å². The molecule has 1 aromatic rings. The van der Waals surface area contributed by atoms with E-state index in [-0.39, 0.29) is 10.6 Å². The predicted octanol–water partition coefficient (Wildman–Crippen LogP) is 2.38. The standard InChI is InChI=1S/C16H23ClN2O4/c1-9(2)5-6-23-14-12(17)7-11(8-13(14)22-4)16(21)19-10(3)15(18)20/h7-10H,5-6H2,1-4H3,(H2,18,20)(H,19,21). The highest BCUT2D eigenvalue weighted by Crippen LogP contribution is 2.36. The summed E-state index contributed by atoms with van der Waals surface area (Å²) in [6.07, 6.45) is 0.873. The van der Waals surface area contributed by atoms with Gasteiger partial charge in [0, 0.05) is 5.56 Å². The van der Waals surface area contributed by atoms with E-state index in [4.69, 9.17) is 26.8 Å². The Morgan fingerprint density at radius 3 is 2.48 bits per heavy atom. The molecule has 0 bridgehead atoms. The van der Waals surface area contributed by atoms with Gasteiger partial charge in [-0.2, -0.15) is 0 Å². The molecule has 7 heteroatoms. The molecule has 0 aromatic heterocycles. The number of benzene rings is 1. The van der Waals surface area contributed by atoms with Crippen LogP contribution in [0.3, 0.4) is 0 Å². The van der Waals surface area contributed by atoms with Crippen molar-refractivity contribution >= 4 is 23.4 Å². The van der Waals surface area contributed by atoms with Crippen LogP contribution >= 0.6 is 11.6 Å². The Morgan fingerprint density at radius 1 is 1.30 bits per heavy atom. The van der Waals surface area contributed by atoms with Crippen LogP contribution in [0.15, 0.2) is 12.1 Å².